The first-order chi connectivity index (χ1) is 28.4. The summed E-state index contributed by atoms with van der Waals surface area (Å²) in [6.45, 7) is 11.4. The van der Waals surface area contributed by atoms with Crippen LogP contribution in [-0.2, 0) is 37.1 Å². The van der Waals surface area contributed by atoms with Crippen LogP contribution in [0.5, 0.6) is 0 Å². The highest BCUT2D eigenvalue weighted by Crippen LogP contribution is 2.50. The molecule has 0 fully saturated rings. The van der Waals surface area contributed by atoms with Gasteiger partial charge in [-0.25, -0.2) is 8.78 Å². The Bertz CT molecular complexity index is 2440. The SMILES string of the molecule is C=C(c1ccc(F)c(C)c1)C(F)(F)F.CC1(C)OB(O)c2ccc(C(Cl)=NO)cc21.CC1(C)OB(O)c2ccc(C3=NOC(c4ccc(F)c(C(F)(F)F)c4)(C(F)(F)F)C3)cc21. The Morgan fingerprint density at radius 3 is 1.81 bits per heavy atom. The Labute approximate surface area is 352 Å². The fourth-order valence-electron chi connectivity index (χ4n) is 6.81. The van der Waals surface area contributed by atoms with E-state index in [1.54, 1.807) is 32.0 Å². The second kappa shape index (κ2) is 17.0. The van der Waals surface area contributed by atoms with E-state index in [2.05, 4.69) is 16.9 Å². The van der Waals surface area contributed by atoms with Crippen LogP contribution in [0.4, 0.5) is 48.3 Å². The van der Waals surface area contributed by atoms with Crippen molar-refractivity contribution in [3.63, 3.8) is 0 Å². The largest absolute Gasteiger partial charge is 0.492 e. The van der Waals surface area contributed by atoms with Crippen molar-refractivity contribution in [2.75, 3.05) is 0 Å². The molecule has 0 aromatic heterocycles. The average molecular weight is 905 g/mol. The number of allylic oxidation sites excluding steroid dienone is 1. The molecule has 3 aliphatic rings. The standard InChI is InChI=1S/C20H15BF7NO3.C10H11BClNO3.C10H8F4/c1-17(2)12-7-10(3-5-14(12)21(30)31-17)16-9-18(32-29-16,20(26,27)28)11-4-6-15(22)13(8-11)19(23,24)25;1-10(2)7-5-6(9(12)13-15)3-4-8(7)11(14)16-10;1-6-5-8(3-4-9(6)11)7(2)10(12,13)14/h3-8,30H,9H2,1-2H3;3-5,14-15H,1-2H3;3-5H,2H2,1H3. The van der Waals surface area contributed by atoms with Gasteiger partial charge in [-0.3, -0.25) is 0 Å². The van der Waals surface area contributed by atoms with Crippen molar-refractivity contribution in [2.24, 2.45) is 10.3 Å². The second-order valence-electron chi connectivity index (χ2n) is 15.2. The predicted octanol–water partition coefficient (Wildman–Crippen LogP) is 9.10. The summed E-state index contributed by atoms with van der Waals surface area (Å²) in [4.78, 5) is 4.75. The van der Waals surface area contributed by atoms with E-state index in [4.69, 9.17) is 31.0 Å². The number of hydrogen-bond acceptors (Lipinski definition) is 8. The lowest BCUT2D eigenvalue weighted by Gasteiger charge is -2.30. The van der Waals surface area contributed by atoms with Crippen molar-refractivity contribution in [3.8, 4) is 0 Å². The Kier molecular flexibility index (Phi) is 13.2. The van der Waals surface area contributed by atoms with Crippen LogP contribution in [0.25, 0.3) is 5.57 Å². The first-order valence-electron chi connectivity index (χ1n) is 18.0. The monoisotopic (exact) mass is 904 g/mol. The molecule has 0 saturated heterocycles. The van der Waals surface area contributed by atoms with E-state index in [1.807, 2.05) is 13.8 Å². The number of fused-ring (bicyclic) bond motifs is 2. The Morgan fingerprint density at radius 2 is 1.29 bits per heavy atom. The van der Waals surface area contributed by atoms with E-state index in [9.17, 15) is 58.3 Å². The Morgan fingerprint density at radius 1 is 0.758 bits per heavy atom. The van der Waals surface area contributed by atoms with Crippen molar-refractivity contribution in [1.29, 1.82) is 0 Å². The fraction of sp³-hybridized carbons (Fsp3) is 0.300. The molecular formula is C40H34B2ClF11N2O6. The Balaban J connectivity index is 0.000000201. The molecule has 4 aromatic rings. The highest BCUT2D eigenvalue weighted by molar-refractivity contribution is 6.69. The molecule has 3 aliphatic heterocycles. The maximum Gasteiger partial charge on any atom is 0.492 e. The van der Waals surface area contributed by atoms with E-state index < -0.39 is 84.3 Å². The third-order valence-corrected chi connectivity index (χ3v) is 10.5. The topological polar surface area (TPSA) is 113 Å². The van der Waals surface area contributed by atoms with Crippen LogP contribution < -0.4 is 10.9 Å². The third-order valence-electron chi connectivity index (χ3n) is 10.2. The van der Waals surface area contributed by atoms with Crippen LogP contribution in [0.15, 0.2) is 89.7 Å². The van der Waals surface area contributed by atoms with E-state index in [0.29, 0.717) is 28.7 Å². The van der Waals surface area contributed by atoms with Crippen LogP contribution in [0, 0.1) is 18.6 Å². The van der Waals surface area contributed by atoms with Crippen molar-refractivity contribution in [3.05, 3.63) is 136 Å². The van der Waals surface area contributed by atoms with Crippen LogP contribution >= 0.6 is 11.6 Å². The molecule has 0 bridgehead atoms. The first kappa shape index (κ1) is 48.1. The Hall–Kier alpha value is -4.95. The fourth-order valence-corrected chi connectivity index (χ4v) is 6.93. The number of hydrogen-bond donors (Lipinski definition) is 3. The molecule has 330 valence electrons. The van der Waals surface area contributed by atoms with Crippen LogP contribution in [0.3, 0.4) is 0 Å². The maximum atomic E-state index is 14.1. The number of alkyl halides is 9. The molecule has 1 unspecified atom stereocenters. The van der Waals surface area contributed by atoms with Crippen molar-refractivity contribution in [2.45, 2.75) is 76.4 Å². The van der Waals surface area contributed by atoms with Gasteiger partial charge in [0.2, 0.25) is 0 Å². The van der Waals surface area contributed by atoms with E-state index in [-0.39, 0.29) is 33.6 Å². The van der Waals surface area contributed by atoms with Gasteiger partial charge in [0.05, 0.1) is 28.1 Å². The molecule has 0 spiro atoms. The van der Waals surface area contributed by atoms with Crippen LogP contribution in [-0.4, -0.2) is 52.7 Å². The smallest absolute Gasteiger partial charge is 0.423 e. The zero-order valence-electron chi connectivity index (χ0n) is 33.0. The lowest BCUT2D eigenvalue weighted by molar-refractivity contribution is -0.276. The minimum absolute atomic E-state index is 0.0139. The molecule has 0 saturated carbocycles. The third kappa shape index (κ3) is 9.66. The van der Waals surface area contributed by atoms with Gasteiger partial charge in [0.1, 0.15) is 11.6 Å². The minimum atomic E-state index is -5.19. The van der Waals surface area contributed by atoms with Gasteiger partial charge in [0, 0.05) is 17.5 Å². The van der Waals surface area contributed by atoms with Crippen molar-refractivity contribution in [1.82, 2.24) is 0 Å². The van der Waals surface area contributed by atoms with Crippen LogP contribution in [0.1, 0.15) is 78.6 Å². The number of rotatable bonds is 4. The molecule has 0 amide bonds. The molecular weight excluding hydrogens is 871 g/mol. The molecule has 4 aromatic carbocycles. The summed E-state index contributed by atoms with van der Waals surface area (Å²) >= 11 is 5.72. The molecule has 62 heavy (non-hydrogen) atoms. The minimum Gasteiger partial charge on any atom is -0.423 e. The summed E-state index contributed by atoms with van der Waals surface area (Å²) in [5.74, 6) is -2.22. The van der Waals surface area contributed by atoms with E-state index in [0.717, 1.165) is 29.2 Å². The molecule has 3 N–H and O–H groups in total. The van der Waals surface area contributed by atoms with Crippen molar-refractivity contribution >= 4 is 53.2 Å². The summed E-state index contributed by atoms with van der Waals surface area (Å²) in [7, 11) is -2.12. The molecule has 8 nitrogen and oxygen atoms in total. The zero-order chi connectivity index (χ0) is 46.5. The lowest BCUT2D eigenvalue weighted by Crippen LogP contribution is -2.43. The number of benzene rings is 4. The van der Waals surface area contributed by atoms with Gasteiger partial charge < -0.3 is 29.4 Å². The van der Waals surface area contributed by atoms with Crippen molar-refractivity contribution < 1.29 is 77.7 Å². The average Bonchev–Trinajstić information content (AvgIpc) is 3.81. The molecule has 22 heteroatoms. The number of halogens is 12. The van der Waals surface area contributed by atoms with E-state index >= 15 is 0 Å². The van der Waals surface area contributed by atoms with Gasteiger partial charge in [-0.2, -0.15) is 39.5 Å². The normalized spacial score (nSPS) is 19.1. The molecule has 1 atom stereocenters. The molecule has 3 heterocycles. The number of nitrogens with zero attached hydrogens (tertiary/aromatic N) is 2. The van der Waals surface area contributed by atoms with Gasteiger partial charge in [-0.15, -0.1) is 0 Å². The first-order valence-corrected chi connectivity index (χ1v) is 18.4. The highest BCUT2D eigenvalue weighted by atomic mass is 35.5. The molecule has 7 rings (SSSR count). The second-order valence-corrected chi connectivity index (χ2v) is 15.6. The highest BCUT2D eigenvalue weighted by Gasteiger charge is 2.63. The van der Waals surface area contributed by atoms with E-state index in [1.165, 1.54) is 25.1 Å². The summed E-state index contributed by atoms with van der Waals surface area (Å²) in [5.41, 5.74) is -5.18. The van der Waals surface area contributed by atoms with Gasteiger partial charge in [-0.05, 0) is 110 Å². The van der Waals surface area contributed by atoms with Gasteiger partial charge in [-0.1, -0.05) is 64.9 Å². The molecule has 0 aliphatic carbocycles. The molecule has 0 radical (unpaired) electrons. The summed E-state index contributed by atoms with van der Waals surface area (Å²) < 4.78 is 155. The van der Waals surface area contributed by atoms with Crippen LogP contribution in [0.2, 0.25) is 0 Å². The summed E-state index contributed by atoms with van der Waals surface area (Å²) in [5, 5.41) is 34.7. The number of oxime groups is 2. The maximum absolute atomic E-state index is 14.1. The van der Waals surface area contributed by atoms with Gasteiger partial charge >= 0.3 is 32.8 Å². The lowest BCUT2D eigenvalue weighted by atomic mass is 9.77. The number of aryl methyl sites for hydroxylation is 1. The van der Waals surface area contributed by atoms with Gasteiger partial charge in [0.25, 0.3) is 5.60 Å². The zero-order valence-corrected chi connectivity index (χ0v) is 33.7. The quantitative estimate of drug-likeness (QED) is 0.0620. The van der Waals surface area contributed by atoms with Gasteiger partial charge in [0.15, 0.2) is 5.17 Å². The summed E-state index contributed by atoms with van der Waals surface area (Å²) in [6.07, 6.45) is -15.7. The predicted molar refractivity (Wildman–Crippen MR) is 208 cm³/mol. The summed E-state index contributed by atoms with van der Waals surface area (Å²) in [6, 6.07) is 13.7.